The number of hydrogen-bond donors (Lipinski definition) is 3. The van der Waals surface area contributed by atoms with E-state index >= 15 is 0 Å². The highest BCUT2D eigenvalue weighted by Crippen LogP contribution is 2.39. The fourth-order valence-electron chi connectivity index (χ4n) is 5.01. The van der Waals surface area contributed by atoms with Crippen molar-refractivity contribution in [2.45, 2.75) is 34.9 Å². The number of amidine groups is 1. The third kappa shape index (κ3) is 5.28. The molecule has 2 fully saturated rings. The number of rotatable bonds is 6. The van der Waals surface area contributed by atoms with E-state index in [1.807, 2.05) is 4.90 Å². The van der Waals surface area contributed by atoms with Gasteiger partial charge in [-0.15, -0.1) is 11.3 Å². The Bertz CT molecular complexity index is 1500. The lowest BCUT2D eigenvalue weighted by atomic mass is 10.1. The van der Waals surface area contributed by atoms with Crippen LogP contribution in [0.4, 0.5) is 0 Å². The van der Waals surface area contributed by atoms with Gasteiger partial charge in [-0.05, 0) is 48.4 Å². The van der Waals surface area contributed by atoms with Crippen LogP contribution in [0.5, 0.6) is 0 Å². The standard InChI is InChI=1S/C26H27ClN4O5S2/c27-19-9-8-18-12-23(37-21(18)13-19)38(35,36)25(31-14-20(26(33)34)29-22(32)15-31)17-6-4-16(5-7-17)24(28)30-10-2-1-3-11-30/h4-9,12-13,20,25,28H,1-3,10-11,14-15H2,(H,29,32)(H,33,34)/t20-,25?/m1/s1. The molecule has 38 heavy (non-hydrogen) atoms. The fraction of sp³-hybridized carbons (Fsp3) is 0.346. The van der Waals surface area contributed by atoms with E-state index in [1.165, 1.54) is 4.90 Å². The smallest absolute Gasteiger partial charge is 0.327 e. The van der Waals surface area contributed by atoms with Gasteiger partial charge in [-0.3, -0.25) is 15.1 Å². The molecule has 3 heterocycles. The molecule has 1 aromatic heterocycles. The zero-order chi connectivity index (χ0) is 27.0. The second-order valence-corrected chi connectivity index (χ2v) is 13.3. The third-order valence-electron chi connectivity index (χ3n) is 6.90. The van der Waals surface area contributed by atoms with Gasteiger partial charge in [0.1, 0.15) is 21.5 Å². The molecule has 0 bridgehead atoms. The Kier molecular flexibility index (Phi) is 7.45. The van der Waals surface area contributed by atoms with Gasteiger partial charge in [0, 0.05) is 34.9 Å². The first-order valence-corrected chi connectivity index (χ1v) is 15.0. The average molecular weight is 575 g/mol. The average Bonchev–Trinajstić information content (AvgIpc) is 3.33. The number of carbonyl (C=O) groups is 2. The number of nitrogens with zero attached hydrogens (tertiary/aromatic N) is 2. The molecule has 9 nitrogen and oxygen atoms in total. The van der Waals surface area contributed by atoms with Crippen molar-refractivity contribution in [1.82, 2.24) is 15.1 Å². The van der Waals surface area contributed by atoms with Gasteiger partial charge in [0.25, 0.3) is 0 Å². The highest BCUT2D eigenvalue weighted by Gasteiger charge is 2.41. The molecule has 2 aromatic carbocycles. The number of piperazine rings is 1. The summed E-state index contributed by atoms with van der Waals surface area (Å²) in [6.45, 7) is 1.18. The minimum atomic E-state index is -4.09. The van der Waals surface area contributed by atoms with Crippen molar-refractivity contribution in [3.63, 3.8) is 0 Å². The second kappa shape index (κ2) is 10.6. The number of aliphatic carboxylic acids is 1. The van der Waals surface area contributed by atoms with Gasteiger partial charge < -0.3 is 15.3 Å². The Balaban J connectivity index is 1.54. The van der Waals surface area contributed by atoms with Gasteiger partial charge in [-0.2, -0.15) is 0 Å². The van der Waals surface area contributed by atoms with Crippen LogP contribution >= 0.6 is 22.9 Å². The van der Waals surface area contributed by atoms with Gasteiger partial charge in [-0.25, -0.2) is 13.2 Å². The predicted molar refractivity (Wildman–Crippen MR) is 147 cm³/mol. The molecule has 12 heteroatoms. The topological polar surface area (TPSA) is 131 Å². The molecule has 3 aromatic rings. The van der Waals surface area contributed by atoms with E-state index in [2.05, 4.69) is 5.32 Å². The summed E-state index contributed by atoms with van der Waals surface area (Å²) >= 11 is 7.19. The number of piperidine rings is 1. The van der Waals surface area contributed by atoms with E-state index in [0.717, 1.165) is 49.1 Å². The number of fused-ring (bicyclic) bond motifs is 1. The Morgan fingerprint density at radius 1 is 1.11 bits per heavy atom. The van der Waals surface area contributed by atoms with Crippen LogP contribution in [0.1, 0.15) is 35.8 Å². The number of halogens is 1. The van der Waals surface area contributed by atoms with E-state index in [4.69, 9.17) is 17.0 Å². The van der Waals surface area contributed by atoms with Gasteiger partial charge in [0.15, 0.2) is 0 Å². The van der Waals surface area contributed by atoms with Crippen LogP contribution in [-0.4, -0.2) is 73.3 Å². The summed E-state index contributed by atoms with van der Waals surface area (Å²) in [4.78, 5) is 27.6. The summed E-state index contributed by atoms with van der Waals surface area (Å²) in [6.07, 6.45) is 3.21. The van der Waals surface area contributed by atoms with Crippen LogP contribution < -0.4 is 5.32 Å². The number of thiophene rings is 1. The lowest BCUT2D eigenvalue weighted by Crippen LogP contribution is -2.58. The molecule has 2 aliphatic heterocycles. The van der Waals surface area contributed by atoms with Crippen LogP contribution in [0.25, 0.3) is 10.1 Å². The second-order valence-electron chi connectivity index (χ2n) is 9.55. The largest absolute Gasteiger partial charge is 0.480 e. The number of amides is 1. The minimum Gasteiger partial charge on any atom is -0.480 e. The minimum absolute atomic E-state index is 0.0998. The Morgan fingerprint density at radius 2 is 1.82 bits per heavy atom. The van der Waals surface area contributed by atoms with E-state index in [9.17, 15) is 23.1 Å². The maximum atomic E-state index is 14.1. The number of carboxylic acid groups (broad SMARTS) is 1. The number of carbonyl (C=O) groups excluding carboxylic acids is 1. The zero-order valence-corrected chi connectivity index (χ0v) is 22.8. The van der Waals surface area contributed by atoms with E-state index in [1.54, 1.807) is 48.5 Å². The molecular formula is C26H27ClN4O5S2. The molecule has 0 aliphatic carbocycles. The highest BCUT2D eigenvalue weighted by molar-refractivity contribution is 7.93. The molecular weight excluding hydrogens is 548 g/mol. The van der Waals surface area contributed by atoms with Crippen LogP contribution in [0.3, 0.4) is 0 Å². The van der Waals surface area contributed by atoms with Gasteiger partial charge in [-0.1, -0.05) is 41.9 Å². The first-order chi connectivity index (χ1) is 18.1. The van der Waals surface area contributed by atoms with Crippen LogP contribution in [0.2, 0.25) is 5.02 Å². The van der Waals surface area contributed by atoms with Crippen molar-refractivity contribution >= 4 is 60.6 Å². The lowest BCUT2D eigenvalue weighted by Gasteiger charge is -2.36. The molecule has 2 atom stereocenters. The SMILES string of the molecule is N=C(c1ccc(C(N2CC(=O)N[C@@H](C(=O)O)C2)S(=O)(=O)c2cc3ccc(Cl)cc3s2)cc1)N1CCCCC1. The zero-order valence-electron chi connectivity index (χ0n) is 20.4. The molecule has 3 N–H and O–H groups in total. The monoisotopic (exact) mass is 574 g/mol. The Hall–Kier alpha value is -2.99. The lowest BCUT2D eigenvalue weighted by molar-refractivity contribution is -0.145. The molecule has 200 valence electrons. The van der Waals surface area contributed by atoms with Gasteiger partial charge in [0.05, 0.1) is 6.54 Å². The van der Waals surface area contributed by atoms with Crippen molar-refractivity contribution in [2.24, 2.45) is 0 Å². The molecule has 0 saturated carbocycles. The van der Waals surface area contributed by atoms with Crippen LogP contribution in [0.15, 0.2) is 52.7 Å². The molecule has 5 rings (SSSR count). The van der Waals surface area contributed by atoms with Crippen molar-refractivity contribution in [1.29, 1.82) is 5.41 Å². The molecule has 0 spiro atoms. The first kappa shape index (κ1) is 26.6. The quantitative estimate of drug-likeness (QED) is 0.302. The van der Waals surface area contributed by atoms with Crippen LogP contribution in [0, 0.1) is 5.41 Å². The highest BCUT2D eigenvalue weighted by atomic mass is 35.5. The number of sulfone groups is 1. The summed E-state index contributed by atoms with van der Waals surface area (Å²) < 4.78 is 29.1. The van der Waals surface area contributed by atoms with E-state index < -0.39 is 33.1 Å². The summed E-state index contributed by atoms with van der Waals surface area (Å²) in [5.41, 5.74) is 1.07. The molecule has 0 radical (unpaired) electrons. The summed E-state index contributed by atoms with van der Waals surface area (Å²) in [7, 11) is -4.09. The van der Waals surface area contributed by atoms with Crippen LogP contribution in [-0.2, 0) is 19.4 Å². The van der Waals surface area contributed by atoms with Gasteiger partial charge >= 0.3 is 5.97 Å². The number of carboxylic acids is 1. The summed E-state index contributed by atoms with van der Waals surface area (Å²) in [6, 6.07) is 12.2. The van der Waals surface area contributed by atoms with Crippen molar-refractivity contribution in [2.75, 3.05) is 26.2 Å². The summed E-state index contributed by atoms with van der Waals surface area (Å²) in [5.74, 6) is -1.41. The summed E-state index contributed by atoms with van der Waals surface area (Å²) in [5, 5.41) is 20.5. The fourth-order valence-corrected chi connectivity index (χ4v) is 8.67. The van der Waals surface area contributed by atoms with Gasteiger partial charge in [0.2, 0.25) is 15.7 Å². The van der Waals surface area contributed by atoms with E-state index in [-0.39, 0.29) is 17.3 Å². The van der Waals surface area contributed by atoms with Crippen molar-refractivity contribution in [3.05, 3.63) is 64.7 Å². The van der Waals surface area contributed by atoms with Crippen molar-refractivity contribution in [3.8, 4) is 0 Å². The van der Waals surface area contributed by atoms with Crippen molar-refractivity contribution < 1.29 is 23.1 Å². The maximum Gasteiger partial charge on any atom is 0.327 e. The number of likely N-dealkylation sites (tertiary alicyclic amines) is 1. The number of hydrogen-bond acceptors (Lipinski definition) is 7. The maximum absolute atomic E-state index is 14.1. The third-order valence-corrected chi connectivity index (χ3v) is 10.8. The molecule has 2 aliphatic rings. The van der Waals surface area contributed by atoms with E-state index in [0.29, 0.717) is 26.7 Å². The number of benzene rings is 2. The molecule has 1 amide bonds. The predicted octanol–water partition coefficient (Wildman–Crippen LogP) is 3.72. The first-order valence-electron chi connectivity index (χ1n) is 12.3. The Labute approximate surface area is 229 Å². The molecule has 2 saturated heterocycles. The molecule has 1 unspecified atom stereocenters. The Morgan fingerprint density at radius 3 is 2.50 bits per heavy atom. The normalized spacial score (nSPS) is 19.8. The number of nitrogens with one attached hydrogen (secondary N) is 2.